The maximum atomic E-state index is 12.1. The van der Waals surface area contributed by atoms with E-state index in [0.717, 1.165) is 37.3 Å². The summed E-state index contributed by atoms with van der Waals surface area (Å²) in [7, 11) is 1.75. The zero-order valence-electron chi connectivity index (χ0n) is 12.6. The second kappa shape index (κ2) is 5.95. The van der Waals surface area contributed by atoms with Crippen molar-refractivity contribution in [2.24, 2.45) is 13.0 Å². The van der Waals surface area contributed by atoms with Gasteiger partial charge in [-0.1, -0.05) is 13.3 Å². The van der Waals surface area contributed by atoms with Crippen LogP contribution in [0.5, 0.6) is 0 Å². The summed E-state index contributed by atoms with van der Waals surface area (Å²) in [6.07, 6.45) is 4.82. The van der Waals surface area contributed by atoms with E-state index in [2.05, 4.69) is 17.3 Å². The predicted molar refractivity (Wildman–Crippen MR) is 77.5 cm³/mol. The van der Waals surface area contributed by atoms with Crippen LogP contribution in [0.4, 0.5) is 0 Å². The Balaban J connectivity index is 1.89. The summed E-state index contributed by atoms with van der Waals surface area (Å²) in [6.45, 7) is 4.38. The molecule has 112 valence electrons. The molecule has 5 nitrogen and oxygen atoms in total. The molecule has 1 aromatic heterocycles. The highest BCUT2D eigenvalue weighted by Gasteiger charge is 2.33. The molecule has 0 spiro atoms. The van der Waals surface area contributed by atoms with Crippen molar-refractivity contribution in [2.75, 3.05) is 6.54 Å². The van der Waals surface area contributed by atoms with E-state index < -0.39 is 5.60 Å². The van der Waals surface area contributed by atoms with Crippen LogP contribution in [-0.4, -0.2) is 32.9 Å². The van der Waals surface area contributed by atoms with Crippen LogP contribution < -0.4 is 5.32 Å². The second-order valence-corrected chi connectivity index (χ2v) is 6.05. The van der Waals surface area contributed by atoms with Gasteiger partial charge in [-0.25, -0.2) is 0 Å². The fourth-order valence-corrected chi connectivity index (χ4v) is 2.96. The minimum absolute atomic E-state index is 0.167. The first-order chi connectivity index (χ1) is 9.43. The maximum absolute atomic E-state index is 12.1. The highest BCUT2D eigenvalue weighted by Crippen LogP contribution is 2.33. The molecule has 0 saturated heterocycles. The number of amides is 1. The first-order valence-corrected chi connectivity index (χ1v) is 7.45. The third kappa shape index (κ3) is 3.39. The van der Waals surface area contributed by atoms with Crippen molar-refractivity contribution in [3.63, 3.8) is 0 Å². The van der Waals surface area contributed by atoms with Crippen molar-refractivity contribution in [1.82, 2.24) is 15.1 Å². The summed E-state index contributed by atoms with van der Waals surface area (Å²) in [5, 5.41) is 17.5. The van der Waals surface area contributed by atoms with Crippen LogP contribution >= 0.6 is 0 Å². The number of nitrogens with zero attached hydrogens (tertiary/aromatic N) is 2. The number of rotatable bonds is 4. The SMILES string of the molecule is CCC1CCC(O)(CNC(=O)c2cc(C)nn2C)CC1. The highest BCUT2D eigenvalue weighted by atomic mass is 16.3. The smallest absolute Gasteiger partial charge is 0.269 e. The molecule has 2 N–H and O–H groups in total. The van der Waals surface area contributed by atoms with Crippen molar-refractivity contribution >= 4 is 5.91 Å². The van der Waals surface area contributed by atoms with E-state index in [1.54, 1.807) is 17.8 Å². The lowest BCUT2D eigenvalue weighted by molar-refractivity contribution is -0.00793. The van der Waals surface area contributed by atoms with Gasteiger partial charge in [0.25, 0.3) is 5.91 Å². The third-order valence-corrected chi connectivity index (χ3v) is 4.43. The number of aryl methyl sites for hydroxylation is 2. The molecular formula is C15H25N3O2. The van der Waals surface area contributed by atoms with E-state index in [4.69, 9.17) is 0 Å². The molecule has 1 amide bonds. The molecule has 0 unspecified atom stereocenters. The molecule has 1 aliphatic carbocycles. The number of aliphatic hydroxyl groups is 1. The van der Waals surface area contributed by atoms with Crippen LogP contribution in [0, 0.1) is 12.8 Å². The van der Waals surface area contributed by atoms with Gasteiger partial charge in [0.2, 0.25) is 0 Å². The molecule has 1 fully saturated rings. The average molecular weight is 279 g/mol. The van der Waals surface area contributed by atoms with Crippen LogP contribution in [-0.2, 0) is 7.05 Å². The zero-order valence-corrected chi connectivity index (χ0v) is 12.6. The van der Waals surface area contributed by atoms with Crippen LogP contribution in [0.2, 0.25) is 0 Å². The lowest BCUT2D eigenvalue weighted by atomic mass is 9.78. The number of hydrogen-bond donors (Lipinski definition) is 2. The molecule has 1 saturated carbocycles. The van der Waals surface area contributed by atoms with Gasteiger partial charge in [-0.05, 0) is 44.6 Å². The molecule has 0 aliphatic heterocycles. The Labute approximate surface area is 120 Å². The maximum Gasteiger partial charge on any atom is 0.269 e. The lowest BCUT2D eigenvalue weighted by Crippen LogP contribution is -2.45. The topological polar surface area (TPSA) is 67.2 Å². The van der Waals surface area contributed by atoms with E-state index in [0.29, 0.717) is 12.2 Å². The molecule has 0 aromatic carbocycles. The fraction of sp³-hybridized carbons (Fsp3) is 0.733. The quantitative estimate of drug-likeness (QED) is 0.883. The van der Waals surface area contributed by atoms with Crippen LogP contribution in [0.1, 0.15) is 55.2 Å². The molecule has 2 rings (SSSR count). The van der Waals surface area contributed by atoms with Gasteiger partial charge in [-0.2, -0.15) is 5.10 Å². The molecule has 1 aromatic rings. The standard InChI is InChI=1S/C15H25N3O2/c1-4-12-5-7-15(20,8-6-12)10-16-14(19)13-9-11(2)17-18(13)3/h9,12,20H,4-8,10H2,1-3H3,(H,16,19). The Kier molecular flexibility index (Phi) is 4.48. The van der Waals surface area contributed by atoms with Crippen molar-refractivity contribution in [3.8, 4) is 0 Å². The molecule has 0 radical (unpaired) electrons. The Morgan fingerprint density at radius 3 is 2.70 bits per heavy atom. The monoisotopic (exact) mass is 279 g/mol. The normalized spacial score (nSPS) is 26.5. The minimum Gasteiger partial charge on any atom is -0.388 e. The summed E-state index contributed by atoms with van der Waals surface area (Å²) in [4.78, 5) is 12.1. The van der Waals surface area contributed by atoms with Crippen LogP contribution in [0.3, 0.4) is 0 Å². The van der Waals surface area contributed by atoms with Gasteiger partial charge in [-0.3, -0.25) is 9.48 Å². The number of carbonyl (C=O) groups is 1. The Bertz CT molecular complexity index is 473. The zero-order chi connectivity index (χ0) is 14.8. The van der Waals surface area contributed by atoms with Crippen LogP contribution in [0.15, 0.2) is 6.07 Å². The summed E-state index contributed by atoms with van der Waals surface area (Å²) < 4.78 is 1.57. The number of carbonyl (C=O) groups excluding carboxylic acids is 1. The summed E-state index contributed by atoms with van der Waals surface area (Å²) >= 11 is 0. The summed E-state index contributed by atoms with van der Waals surface area (Å²) in [6, 6.07) is 1.76. The summed E-state index contributed by atoms with van der Waals surface area (Å²) in [5.74, 6) is 0.560. The Hall–Kier alpha value is -1.36. The fourth-order valence-electron chi connectivity index (χ4n) is 2.96. The molecule has 1 heterocycles. The van der Waals surface area contributed by atoms with Crippen LogP contribution in [0.25, 0.3) is 0 Å². The van der Waals surface area contributed by atoms with Crippen molar-refractivity contribution < 1.29 is 9.90 Å². The van der Waals surface area contributed by atoms with E-state index >= 15 is 0 Å². The Morgan fingerprint density at radius 2 is 2.20 bits per heavy atom. The third-order valence-electron chi connectivity index (χ3n) is 4.43. The van der Waals surface area contributed by atoms with Crippen molar-refractivity contribution in [1.29, 1.82) is 0 Å². The van der Waals surface area contributed by atoms with E-state index in [1.165, 1.54) is 6.42 Å². The number of aromatic nitrogens is 2. The molecule has 20 heavy (non-hydrogen) atoms. The first-order valence-electron chi connectivity index (χ1n) is 7.45. The van der Waals surface area contributed by atoms with Gasteiger partial charge in [0.05, 0.1) is 11.3 Å². The minimum atomic E-state index is -0.741. The largest absolute Gasteiger partial charge is 0.388 e. The first kappa shape index (κ1) is 15.0. The van der Waals surface area contributed by atoms with Crippen molar-refractivity contribution in [2.45, 2.75) is 51.6 Å². The highest BCUT2D eigenvalue weighted by molar-refractivity contribution is 5.92. The molecule has 5 heteroatoms. The van der Waals surface area contributed by atoms with Gasteiger partial charge in [-0.15, -0.1) is 0 Å². The van der Waals surface area contributed by atoms with Crippen molar-refractivity contribution in [3.05, 3.63) is 17.5 Å². The van der Waals surface area contributed by atoms with Gasteiger partial charge < -0.3 is 10.4 Å². The van der Waals surface area contributed by atoms with Gasteiger partial charge >= 0.3 is 0 Å². The number of hydrogen-bond acceptors (Lipinski definition) is 3. The van der Waals surface area contributed by atoms with E-state index in [-0.39, 0.29) is 5.91 Å². The Morgan fingerprint density at radius 1 is 1.55 bits per heavy atom. The van der Waals surface area contributed by atoms with E-state index in [1.807, 2.05) is 6.92 Å². The van der Waals surface area contributed by atoms with Gasteiger partial charge in [0.1, 0.15) is 5.69 Å². The average Bonchev–Trinajstić information content (AvgIpc) is 2.76. The second-order valence-electron chi connectivity index (χ2n) is 6.05. The lowest BCUT2D eigenvalue weighted by Gasteiger charge is -2.35. The van der Waals surface area contributed by atoms with E-state index in [9.17, 15) is 9.90 Å². The molecule has 0 atom stereocenters. The molecule has 1 aliphatic rings. The van der Waals surface area contributed by atoms with Gasteiger partial charge in [0.15, 0.2) is 0 Å². The summed E-state index contributed by atoms with van der Waals surface area (Å²) in [5.41, 5.74) is 0.614. The predicted octanol–water partition coefficient (Wildman–Crippen LogP) is 1.79. The molecular weight excluding hydrogens is 254 g/mol. The molecule has 0 bridgehead atoms. The number of nitrogens with one attached hydrogen (secondary N) is 1. The van der Waals surface area contributed by atoms with Gasteiger partial charge in [0, 0.05) is 13.6 Å².